The Morgan fingerprint density at radius 1 is 1.04 bits per heavy atom. The molecule has 1 aromatic heterocycles. The molecule has 0 saturated carbocycles. The molecule has 0 fully saturated rings. The van der Waals surface area contributed by atoms with Crippen LogP contribution in [0.5, 0.6) is 5.75 Å². The van der Waals surface area contributed by atoms with E-state index in [0.29, 0.717) is 0 Å². The molecule has 26 heavy (non-hydrogen) atoms. The number of hydrogen-bond acceptors (Lipinski definition) is 2. The lowest BCUT2D eigenvalue weighted by Gasteiger charge is -2.08. The molecule has 4 aromatic rings. The van der Waals surface area contributed by atoms with Gasteiger partial charge >= 0.3 is 0 Å². The maximum Gasteiger partial charge on any atom is 0.133 e. The summed E-state index contributed by atoms with van der Waals surface area (Å²) in [6.07, 6.45) is 1.96. The van der Waals surface area contributed by atoms with E-state index in [1.54, 1.807) is 23.9 Å². The molecule has 130 valence electrons. The van der Waals surface area contributed by atoms with E-state index in [2.05, 4.69) is 34.1 Å². The number of methoxy groups -OCH3 is 1. The van der Waals surface area contributed by atoms with E-state index >= 15 is 0 Å². The minimum absolute atomic E-state index is 0.256. The Bertz CT molecular complexity index is 1100. The number of nitrogens with zero attached hydrogens (tertiary/aromatic N) is 2. The molecule has 3 aromatic carbocycles. The predicted molar refractivity (Wildman–Crippen MR) is 105 cm³/mol. The normalized spacial score (nSPS) is 11.1. The first kappa shape index (κ1) is 16.8. The van der Waals surface area contributed by atoms with Gasteiger partial charge in [0.2, 0.25) is 0 Å². The number of hydrogen-bond donors (Lipinski definition) is 0. The summed E-state index contributed by atoms with van der Waals surface area (Å²) in [6, 6.07) is 16.5. The standard InChI is InChI=1S/C21H16BrFN2O/c1-13-12-25(17-7-5-16(23)6-8-17)24-21(13)15-3-9-18-14(11-15)4-10-19(26-2)20(18)22/h3-12H,1-2H3. The highest BCUT2D eigenvalue weighted by molar-refractivity contribution is 9.10. The van der Waals surface area contributed by atoms with E-state index < -0.39 is 0 Å². The molecule has 3 nitrogen and oxygen atoms in total. The Hall–Kier alpha value is -2.66. The first-order valence-electron chi connectivity index (χ1n) is 8.15. The van der Waals surface area contributed by atoms with Crippen molar-refractivity contribution in [2.75, 3.05) is 7.11 Å². The van der Waals surface area contributed by atoms with E-state index in [9.17, 15) is 4.39 Å². The molecule has 0 atom stereocenters. The van der Waals surface area contributed by atoms with E-state index in [1.807, 2.05) is 25.3 Å². The van der Waals surface area contributed by atoms with Crippen molar-refractivity contribution in [3.63, 3.8) is 0 Å². The molecule has 4 rings (SSSR count). The number of rotatable bonds is 3. The van der Waals surface area contributed by atoms with Crippen molar-refractivity contribution < 1.29 is 9.13 Å². The Balaban J connectivity index is 1.79. The number of aromatic nitrogens is 2. The van der Waals surface area contributed by atoms with Crippen molar-refractivity contribution in [1.82, 2.24) is 9.78 Å². The Kier molecular flexibility index (Phi) is 4.24. The monoisotopic (exact) mass is 410 g/mol. The van der Waals surface area contributed by atoms with Gasteiger partial charge in [-0.05, 0) is 75.6 Å². The molecule has 0 aliphatic heterocycles. The molecular weight excluding hydrogens is 395 g/mol. The van der Waals surface area contributed by atoms with Crippen LogP contribution in [0.4, 0.5) is 4.39 Å². The third kappa shape index (κ3) is 2.88. The predicted octanol–water partition coefficient (Wildman–Crippen LogP) is 5.91. The van der Waals surface area contributed by atoms with Gasteiger partial charge in [-0.1, -0.05) is 18.2 Å². The quantitative estimate of drug-likeness (QED) is 0.419. The highest BCUT2D eigenvalue weighted by atomic mass is 79.9. The van der Waals surface area contributed by atoms with Crippen LogP contribution in [0.15, 0.2) is 65.3 Å². The number of benzene rings is 3. The average molecular weight is 411 g/mol. The lowest BCUT2D eigenvalue weighted by atomic mass is 10.0. The van der Waals surface area contributed by atoms with Gasteiger partial charge in [0.05, 0.1) is 23.0 Å². The minimum Gasteiger partial charge on any atom is -0.496 e. The molecule has 0 bridgehead atoms. The molecule has 0 spiro atoms. The van der Waals surface area contributed by atoms with Crippen LogP contribution in [0.3, 0.4) is 0 Å². The van der Waals surface area contributed by atoms with Gasteiger partial charge in [0.1, 0.15) is 11.6 Å². The maximum atomic E-state index is 13.1. The van der Waals surface area contributed by atoms with Gasteiger partial charge in [0.25, 0.3) is 0 Å². The highest BCUT2D eigenvalue weighted by Gasteiger charge is 2.12. The fourth-order valence-corrected chi connectivity index (χ4v) is 3.70. The third-order valence-corrected chi connectivity index (χ3v) is 5.22. The molecule has 5 heteroatoms. The van der Waals surface area contributed by atoms with Crippen LogP contribution in [0, 0.1) is 12.7 Å². The van der Waals surface area contributed by atoms with Crippen LogP contribution in [0.2, 0.25) is 0 Å². The van der Waals surface area contributed by atoms with Gasteiger partial charge in [0, 0.05) is 11.8 Å². The smallest absolute Gasteiger partial charge is 0.133 e. The molecule has 0 saturated heterocycles. The lowest BCUT2D eigenvalue weighted by molar-refractivity contribution is 0.413. The van der Waals surface area contributed by atoms with Crippen molar-refractivity contribution in [3.05, 3.63) is 76.6 Å². The molecule has 1 heterocycles. The number of fused-ring (bicyclic) bond motifs is 1. The molecule has 0 radical (unpaired) electrons. The second-order valence-electron chi connectivity index (χ2n) is 6.10. The largest absolute Gasteiger partial charge is 0.496 e. The van der Waals surface area contributed by atoms with Gasteiger partial charge in [-0.15, -0.1) is 0 Å². The zero-order valence-corrected chi connectivity index (χ0v) is 15.9. The van der Waals surface area contributed by atoms with Crippen LogP contribution in [-0.4, -0.2) is 16.9 Å². The summed E-state index contributed by atoms with van der Waals surface area (Å²) in [6.45, 7) is 2.02. The summed E-state index contributed by atoms with van der Waals surface area (Å²) >= 11 is 3.60. The second-order valence-corrected chi connectivity index (χ2v) is 6.89. The Morgan fingerprint density at radius 3 is 2.54 bits per heavy atom. The van der Waals surface area contributed by atoms with Gasteiger partial charge in [-0.3, -0.25) is 0 Å². The molecule has 0 unspecified atom stereocenters. The zero-order chi connectivity index (χ0) is 18.3. The van der Waals surface area contributed by atoms with Crippen molar-refractivity contribution in [2.45, 2.75) is 6.92 Å². The average Bonchev–Trinajstić information content (AvgIpc) is 3.04. The fourth-order valence-electron chi connectivity index (χ4n) is 3.05. The Labute approximate surface area is 159 Å². The highest BCUT2D eigenvalue weighted by Crippen LogP contribution is 2.35. The zero-order valence-electron chi connectivity index (χ0n) is 14.3. The number of halogens is 2. The second kappa shape index (κ2) is 6.57. The fraction of sp³-hybridized carbons (Fsp3) is 0.0952. The first-order valence-corrected chi connectivity index (χ1v) is 8.95. The van der Waals surface area contributed by atoms with Crippen LogP contribution in [-0.2, 0) is 0 Å². The summed E-state index contributed by atoms with van der Waals surface area (Å²) in [5.74, 6) is 0.551. The van der Waals surface area contributed by atoms with Crippen molar-refractivity contribution in [1.29, 1.82) is 0 Å². The number of ether oxygens (including phenoxy) is 1. The summed E-state index contributed by atoms with van der Waals surface area (Å²) in [5, 5.41) is 6.89. The summed E-state index contributed by atoms with van der Waals surface area (Å²) in [4.78, 5) is 0. The Morgan fingerprint density at radius 2 is 1.81 bits per heavy atom. The van der Waals surface area contributed by atoms with E-state index in [1.165, 1.54) is 12.1 Å². The van der Waals surface area contributed by atoms with Crippen molar-refractivity contribution in [2.24, 2.45) is 0 Å². The minimum atomic E-state index is -0.256. The summed E-state index contributed by atoms with van der Waals surface area (Å²) in [7, 11) is 1.66. The van der Waals surface area contributed by atoms with Crippen LogP contribution >= 0.6 is 15.9 Å². The van der Waals surface area contributed by atoms with E-state index in [4.69, 9.17) is 9.84 Å². The van der Waals surface area contributed by atoms with Crippen LogP contribution in [0.1, 0.15) is 5.56 Å². The van der Waals surface area contributed by atoms with Gasteiger partial charge in [-0.25, -0.2) is 9.07 Å². The van der Waals surface area contributed by atoms with E-state index in [-0.39, 0.29) is 5.82 Å². The summed E-state index contributed by atoms with van der Waals surface area (Å²) in [5.41, 5.74) is 3.83. The first-order chi connectivity index (χ1) is 12.6. The van der Waals surface area contributed by atoms with Gasteiger partial charge in [0.15, 0.2) is 0 Å². The maximum absolute atomic E-state index is 13.1. The molecule has 0 amide bonds. The molecule has 0 aliphatic rings. The van der Waals surface area contributed by atoms with Crippen molar-refractivity contribution in [3.8, 4) is 22.7 Å². The lowest BCUT2D eigenvalue weighted by Crippen LogP contribution is -1.94. The molecule has 0 aliphatic carbocycles. The van der Waals surface area contributed by atoms with Crippen LogP contribution < -0.4 is 4.74 Å². The number of aryl methyl sites for hydroxylation is 1. The van der Waals surface area contributed by atoms with Crippen molar-refractivity contribution >= 4 is 26.7 Å². The van der Waals surface area contributed by atoms with Gasteiger partial charge < -0.3 is 4.74 Å². The molecule has 0 N–H and O–H groups in total. The van der Waals surface area contributed by atoms with Gasteiger partial charge in [-0.2, -0.15) is 5.10 Å². The topological polar surface area (TPSA) is 27.1 Å². The summed E-state index contributed by atoms with van der Waals surface area (Å²) < 4.78 is 21.2. The van der Waals surface area contributed by atoms with Crippen LogP contribution in [0.25, 0.3) is 27.7 Å². The third-order valence-electron chi connectivity index (χ3n) is 4.40. The van der Waals surface area contributed by atoms with E-state index in [0.717, 1.165) is 43.5 Å². The SMILES string of the molecule is COc1ccc2cc(-c3nn(-c4ccc(F)cc4)cc3C)ccc2c1Br. The molecular formula is C21H16BrFN2O.